The molecular weight excluding hydrogens is 314 g/mol. The minimum atomic E-state index is -0.0227. The Balaban J connectivity index is 1.55. The second kappa shape index (κ2) is 6.14. The number of hydrogen-bond acceptors (Lipinski definition) is 3. The van der Waals surface area contributed by atoms with Gasteiger partial charge in [0.25, 0.3) is 0 Å². The maximum absolute atomic E-state index is 12.6. The number of hydrogen-bond donors (Lipinski definition) is 1. The van der Waals surface area contributed by atoms with Gasteiger partial charge in [-0.25, -0.2) is 0 Å². The Morgan fingerprint density at radius 1 is 1.24 bits per heavy atom. The Bertz CT molecular complexity index is 880. The molecule has 2 aromatic rings. The number of nitrogens with one attached hydrogen (secondary N) is 1. The quantitative estimate of drug-likeness (QED) is 0.933. The summed E-state index contributed by atoms with van der Waals surface area (Å²) in [7, 11) is 1.90. The van der Waals surface area contributed by atoms with Crippen molar-refractivity contribution in [2.45, 2.75) is 51.9 Å². The highest BCUT2D eigenvalue weighted by atomic mass is 16.1. The smallest absolute Gasteiger partial charge is 0.224 e. The highest BCUT2D eigenvalue weighted by Gasteiger charge is 2.29. The number of carbonyl (C=O) groups is 2. The molecule has 130 valence electrons. The van der Waals surface area contributed by atoms with E-state index in [2.05, 4.69) is 16.5 Å². The molecule has 5 heteroatoms. The molecule has 1 amide bonds. The zero-order valence-corrected chi connectivity index (χ0v) is 14.8. The molecule has 0 radical (unpaired) electrons. The van der Waals surface area contributed by atoms with Gasteiger partial charge in [-0.2, -0.15) is 5.10 Å². The van der Waals surface area contributed by atoms with Crippen LogP contribution in [0.5, 0.6) is 0 Å². The summed E-state index contributed by atoms with van der Waals surface area (Å²) in [6.07, 6.45) is 7.36. The second-order valence-electron chi connectivity index (χ2n) is 7.13. The fraction of sp³-hybridized carbons (Fsp3) is 0.450. The Labute approximate surface area is 147 Å². The molecule has 2 aliphatic carbocycles. The number of aromatic nitrogens is 2. The SMILES string of the molecule is Cc1c(CCC(=O)Nc2c3c(cc4c2C(=O)CC4)CCC3)cnn1C. The molecule has 1 aromatic carbocycles. The lowest BCUT2D eigenvalue weighted by Crippen LogP contribution is -2.16. The van der Waals surface area contributed by atoms with Crippen LogP contribution in [0.1, 0.15) is 57.6 Å². The first-order valence-electron chi connectivity index (χ1n) is 9.02. The van der Waals surface area contributed by atoms with Crippen molar-refractivity contribution in [1.29, 1.82) is 0 Å². The molecule has 0 aliphatic heterocycles. The van der Waals surface area contributed by atoms with Gasteiger partial charge in [0.15, 0.2) is 5.78 Å². The van der Waals surface area contributed by atoms with Gasteiger partial charge in [0.05, 0.1) is 11.9 Å². The molecule has 0 spiro atoms. The summed E-state index contributed by atoms with van der Waals surface area (Å²) >= 11 is 0. The van der Waals surface area contributed by atoms with E-state index in [9.17, 15) is 9.59 Å². The van der Waals surface area contributed by atoms with Gasteiger partial charge in [-0.3, -0.25) is 14.3 Å². The van der Waals surface area contributed by atoms with E-state index < -0.39 is 0 Å². The summed E-state index contributed by atoms with van der Waals surface area (Å²) in [5.74, 6) is 0.147. The number of aryl methyl sites for hydroxylation is 4. The molecule has 0 fully saturated rings. The molecule has 25 heavy (non-hydrogen) atoms. The van der Waals surface area contributed by atoms with Crippen LogP contribution in [0.4, 0.5) is 5.69 Å². The van der Waals surface area contributed by atoms with Gasteiger partial charge in [0.1, 0.15) is 0 Å². The monoisotopic (exact) mass is 337 g/mol. The highest BCUT2D eigenvalue weighted by Crippen LogP contribution is 2.38. The minimum absolute atomic E-state index is 0.0227. The van der Waals surface area contributed by atoms with Gasteiger partial charge in [-0.05, 0) is 61.3 Å². The molecule has 1 N–H and O–H groups in total. The molecule has 2 aliphatic rings. The van der Waals surface area contributed by atoms with Crippen molar-refractivity contribution in [1.82, 2.24) is 9.78 Å². The van der Waals surface area contributed by atoms with Crippen LogP contribution >= 0.6 is 0 Å². The largest absolute Gasteiger partial charge is 0.325 e. The van der Waals surface area contributed by atoms with Crippen LogP contribution in [-0.2, 0) is 37.5 Å². The topological polar surface area (TPSA) is 64.0 Å². The number of ketones is 1. The molecule has 0 unspecified atom stereocenters. The Morgan fingerprint density at radius 3 is 2.84 bits per heavy atom. The zero-order chi connectivity index (χ0) is 17.6. The van der Waals surface area contributed by atoms with Crippen LogP contribution in [0, 0.1) is 6.92 Å². The van der Waals surface area contributed by atoms with Gasteiger partial charge in [0, 0.05) is 31.1 Å². The summed E-state index contributed by atoms with van der Waals surface area (Å²) in [6, 6.07) is 2.19. The van der Waals surface area contributed by atoms with Crippen molar-refractivity contribution in [2.75, 3.05) is 5.32 Å². The average Bonchev–Trinajstić information content (AvgIpc) is 3.28. The van der Waals surface area contributed by atoms with Crippen LogP contribution in [0.15, 0.2) is 12.3 Å². The van der Waals surface area contributed by atoms with Crippen molar-refractivity contribution in [3.8, 4) is 0 Å². The van der Waals surface area contributed by atoms with E-state index in [-0.39, 0.29) is 11.7 Å². The number of amides is 1. The van der Waals surface area contributed by atoms with Gasteiger partial charge in [0.2, 0.25) is 5.91 Å². The minimum Gasteiger partial charge on any atom is -0.325 e. The summed E-state index contributed by atoms with van der Waals surface area (Å²) in [5.41, 5.74) is 7.37. The third kappa shape index (κ3) is 2.77. The van der Waals surface area contributed by atoms with E-state index in [1.54, 1.807) is 0 Å². The number of fused-ring (bicyclic) bond motifs is 2. The lowest BCUT2D eigenvalue weighted by molar-refractivity contribution is -0.116. The van der Waals surface area contributed by atoms with Gasteiger partial charge in [-0.15, -0.1) is 0 Å². The number of benzene rings is 1. The first-order chi connectivity index (χ1) is 12.0. The van der Waals surface area contributed by atoms with Crippen molar-refractivity contribution >= 4 is 17.4 Å². The number of Topliss-reactive ketones (excluding diaryl/α,β-unsaturated/α-hetero) is 1. The Morgan fingerprint density at radius 2 is 2.08 bits per heavy atom. The van der Waals surface area contributed by atoms with E-state index in [1.165, 1.54) is 11.1 Å². The lowest BCUT2D eigenvalue weighted by atomic mass is 9.98. The second-order valence-corrected chi connectivity index (χ2v) is 7.13. The first-order valence-corrected chi connectivity index (χ1v) is 9.02. The summed E-state index contributed by atoms with van der Waals surface area (Å²) < 4.78 is 1.82. The third-order valence-corrected chi connectivity index (χ3v) is 5.60. The van der Waals surface area contributed by atoms with Crippen LogP contribution in [0.25, 0.3) is 0 Å². The molecule has 0 saturated carbocycles. The van der Waals surface area contributed by atoms with Crippen molar-refractivity contribution in [3.05, 3.63) is 45.8 Å². The maximum atomic E-state index is 12.6. The Kier molecular flexibility index (Phi) is 3.94. The number of rotatable bonds is 4. The Hall–Kier alpha value is -2.43. The van der Waals surface area contributed by atoms with Crippen molar-refractivity contribution < 1.29 is 9.59 Å². The molecule has 0 atom stereocenters. The van der Waals surface area contributed by atoms with Crippen molar-refractivity contribution in [2.24, 2.45) is 7.05 Å². The normalized spacial score (nSPS) is 15.4. The molecule has 0 saturated heterocycles. The molecule has 5 nitrogen and oxygen atoms in total. The summed E-state index contributed by atoms with van der Waals surface area (Å²) in [5, 5.41) is 7.31. The predicted molar refractivity (Wildman–Crippen MR) is 96.0 cm³/mol. The molecule has 1 aromatic heterocycles. The number of nitrogens with zero attached hydrogens (tertiary/aromatic N) is 2. The molecular formula is C20H23N3O2. The number of carbonyl (C=O) groups excluding carboxylic acids is 2. The van der Waals surface area contributed by atoms with E-state index >= 15 is 0 Å². The third-order valence-electron chi connectivity index (χ3n) is 5.60. The molecule has 0 bridgehead atoms. The zero-order valence-electron chi connectivity index (χ0n) is 14.8. The first kappa shape index (κ1) is 16.1. The van der Waals surface area contributed by atoms with E-state index in [0.29, 0.717) is 19.3 Å². The highest BCUT2D eigenvalue weighted by molar-refractivity contribution is 6.09. The van der Waals surface area contributed by atoms with Crippen LogP contribution in [0.2, 0.25) is 0 Å². The van der Waals surface area contributed by atoms with Gasteiger partial charge in [-0.1, -0.05) is 6.07 Å². The van der Waals surface area contributed by atoms with Gasteiger partial charge >= 0.3 is 0 Å². The lowest BCUT2D eigenvalue weighted by Gasteiger charge is -2.15. The predicted octanol–water partition coefficient (Wildman–Crippen LogP) is 2.92. The van der Waals surface area contributed by atoms with E-state index in [4.69, 9.17) is 0 Å². The molecule has 4 rings (SSSR count). The standard InChI is InChI=1S/C20H23N3O2/c1-12-15(11-21-23(12)2)7-9-18(25)22-20-16-5-3-4-13(16)10-14-6-8-17(24)19(14)20/h10-11H,3-9H2,1-2H3,(H,22,25). The van der Waals surface area contributed by atoms with Crippen LogP contribution < -0.4 is 5.32 Å². The van der Waals surface area contributed by atoms with E-state index in [0.717, 1.165) is 53.8 Å². The molecule has 1 heterocycles. The summed E-state index contributed by atoms with van der Waals surface area (Å²) in [6.45, 7) is 2.01. The fourth-order valence-corrected chi connectivity index (χ4v) is 4.07. The van der Waals surface area contributed by atoms with Crippen molar-refractivity contribution in [3.63, 3.8) is 0 Å². The van der Waals surface area contributed by atoms with E-state index in [1.807, 2.05) is 24.9 Å². The summed E-state index contributed by atoms with van der Waals surface area (Å²) in [4.78, 5) is 24.9. The number of anilines is 1. The van der Waals surface area contributed by atoms with Gasteiger partial charge < -0.3 is 5.32 Å². The maximum Gasteiger partial charge on any atom is 0.224 e. The van der Waals surface area contributed by atoms with Crippen LogP contribution in [0.3, 0.4) is 0 Å². The van der Waals surface area contributed by atoms with Crippen LogP contribution in [-0.4, -0.2) is 21.5 Å². The average molecular weight is 337 g/mol. The fourth-order valence-electron chi connectivity index (χ4n) is 4.07.